The topological polar surface area (TPSA) is 60.4 Å². The van der Waals surface area contributed by atoms with Crippen LogP contribution in [0.1, 0.15) is 160 Å². The van der Waals surface area contributed by atoms with E-state index in [1.165, 1.54) is 103 Å². The SMILES string of the molecule is CC(C)(C)c1cc(C(=O)O)c([O-])c(C(C)(C)C)c1.CCCCCCCCCCCCCCCC[N+](C)(C)C. The van der Waals surface area contributed by atoms with Crippen LogP contribution in [0.2, 0.25) is 0 Å². The van der Waals surface area contributed by atoms with Crippen molar-refractivity contribution in [1.29, 1.82) is 0 Å². The summed E-state index contributed by atoms with van der Waals surface area (Å²) in [5.41, 5.74) is 0.768. The van der Waals surface area contributed by atoms with Gasteiger partial charge in [-0.25, -0.2) is 4.79 Å². The molecule has 0 saturated carbocycles. The Bertz CT molecular complexity index is 779. The fraction of sp³-hybridized carbons (Fsp3) is 0.794. The lowest BCUT2D eigenvalue weighted by Gasteiger charge is -2.31. The molecule has 38 heavy (non-hydrogen) atoms. The Balaban J connectivity index is 0.000000724. The fourth-order valence-corrected chi connectivity index (χ4v) is 4.56. The minimum Gasteiger partial charge on any atom is -0.872 e. The van der Waals surface area contributed by atoms with Gasteiger partial charge < -0.3 is 14.7 Å². The smallest absolute Gasteiger partial charge is 0.335 e. The third kappa shape index (κ3) is 17.1. The number of unbranched alkanes of at least 4 members (excludes halogenated alkanes) is 13. The first-order valence-corrected chi connectivity index (χ1v) is 15.4. The Labute approximate surface area is 236 Å². The summed E-state index contributed by atoms with van der Waals surface area (Å²) in [6.07, 6.45) is 20.4. The molecule has 4 nitrogen and oxygen atoms in total. The molecule has 1 rings (SSSR count). The van der Waals surface area contributed by atoms with E-state index in [1.54, 1.807) is 0 Å². The van der Waals surface area contributed by atoms with E-state index in [-0.39, 0.29) is 22.1 Å². The Hall–Kier alpha value is -1.55. The summed E-state index contributed by atoms with van der Waals surface area (Å²) in [5, 5.41) is 21.3. The van der Waals surface area contributed by atoms with Gasteiger partial charge in [-0.1, -0.05) is 137 Å². The molecule has 0 atom stereocenters. The highest BCUT2D eigenvalue weighted by Gasteiger charge is 2.23. The number of hydrogen-bond acceptors (Lipinski definition) is 2. The molecule has 0 spiro atoms. The lowest BCUT2D eigenvalue weighted by atomic mass is 9.79. The Morgan fingerprint density at radius 3 is 1.42 bits per heavy atom. The number of aromatic carboxylic acids is 1. The van der Waals surface area contributed by atoms with E-state index in [9.17, 15) is 9.90 Å². The summed E-state index contributed by atoms with van der Waals surface area (Å²) in [4.78, 5) is 11.2. The van der Waals surface area contributed by atoms with Gasteiger partial charge in [-0.3, -0.25) is 0 Å². The number of quaternary nitrogens is 1. The van der Waals surface area contributed by atoms with E-state index >= 15 is 0 Å². The van der Waals surface area contributed by atoms with Crippen LogP contribution in [0.25, 0.3) is 0 Å². The number of rotatable bonds is 16. The van der Waals surface area contributed by atoms with E-state index < -0.39 is 5.97 Å². The van der Waals surface area contributed by atoms with Crippen molar-refractivity contribution >= 4 is 5.97 Å². The van der Waals surface area contributed by atoms with Crippen molar-refractivity contribution in [2.45, 2.75) is 149 Å². The van der Waals surface area contributed by atoms with E-state index in [0.29, 0.717) is 5.56 Å². The minimum absolute atomic E-state index is 0.132. The van der Waals surface area contributed by atoms with Crippen LogP contribution in [0.3, 0.4) is 0 Å². The maximum absolute atomic E-state index is 12.2. The van der Waals surface area contributed by atoms with Crippen molar-refractivity contribution in [1.82, 2.24) is 0 Å². The molecule has 1 N–H and O–H groups in total. The molecule has 0 bridgehead atoms. The number of benzene rings is 1. The molecule has 0 unspecified atom stereocenters. The number of carboxylic acid groups (broad SMARTS) is 1. The average molecular weight is 534 g/mol. The van der Waals surface area contributed by atoms with Gasteiger partial charge >= 0.3 is 5.97 Å². The van der Waals surface area contributed by atoms with Gasteiger partial charge in [-0.05, 0) is 40.9 Å². The zero-order chi connectivity index (χ0) is 29.4. The number of nitrogens with zero attached hydrogens (tertiary/aromatic N) is 1. The normalized spacial score (nSPS) is 12.3. The minimum atomic E-state index is -1.16. The number of carbonyl (C=O) groups is 1. The molecule has 0 fully saturated rings. The quantitative estimate of drug-likeness (QED) is 0.170. The second-order valence-corrected chi connectivity index (χ2v) is 14.3. The molecule has 0 radical (unpaired) electrons. The second-order valence-electron chi connectivity index (χ2n) is 14.3. The van der Waals surface area contributed by atoms with Crippen molar-refractivity contribution in [3.63, 3.8) is 0 Å². The molecule has 0 aliphatic heterocycles. The predicted octanol–water partition coefficient (Wildman–Crippen LogP) is 9.23. The summed E-state index contributed by atoms with van der Waals surface area (Å²) in [6.45, 7) is 15.4. The molecule has 0 amide bonds. The fourth-order valence-electron chi connectivity index (χ4n) is 4.56. The molecule has 1 aromatic carbocycles. The molecular formula is C34H63NO3. The molecule has 0 aliphatic carbocycles. The van der Waals surface area contributed by atoms with Crippen LogP contribution >= 0.6 is 0 Å². The zero-order valence-electron chi connectivity index (χ0n) is 27.0. The van der Waals surface area contributed by atoms with Crippen LogP contribution in [0.15, 0.2) is 12.1 Å². The second kappa shape index (κ2) is 17.9. The molecule has 0 saturated heterocycles. The van der Waals surface area contributed by atoms with Crippen molar-refractivity contribution in [3.8, 4) is 5.75 Å². The summed E-state index contributed by atoms with van der Waals surface area (Å²) in [7, 11) is 6.88. The van der Waals surface area contributed by atoms with Crippen molar-refractivity contribution in [3.05, 3.63) is 28.8 Å². The molecule has 1 aromatic rings. The lowest BCUT2D eigenvalue weighted by molar-refractivity contribution is -0.870. The molecule has 222 valence electrons. The third-order valence-electron chi connectivity index (χ3n) is 7.18. The van der Waals surface area contributed by atoms with Gasteiger partial charge in [0.05, 0.1) is 33.3 Å². The summed E-state index contributed by atoms with van der Waals surface area (Å²) >= 11 is 0. The molecule has 0 heterocycles. The van der Waals surface area contributed by atoms with Crippen LogP contribution in [0.5, 0.6) is 5.75 Å². The Kier molecular flexibility index (Phi) is 17.2. The van der Waals surface area contributed by atoms with Crippen LogP contribution in [-0.2, 0) is 10.8 Å². The first-order chi connectivity index (χ1) is 17.5. The van der Waals surface area contributed by atoms with Gasteiger partial charge in [0, 0.05) is 0 Å². The van der Waals surface area contributed by atoms with E-state index in [4.69, 9.17) is 5.11 Å². The van der Waals surface area contributed by atoms with Gasteiger partial charge in [0.2, 0.25) is 0 Å². The highest BCUT2D eigenvalue weighted by Crippen LogP contribution is 2.36. The Morgan fingerprint density at radius 1 is 0.711 bits per heavy atom. The maximum Gasteiger partial charge on any atom is 0.335 e. The van der Waals surface area contributed by atoms with E-state index in [0.717, 1.165) is 10.0 Å². The van der Waals surface area contributed by atoms with E-state index in [2.05, 4.69) is 28.1 Å². The van der Waals surface area contributed by atoms with Gasteiger partial charge in [0.1, 0.15) is 0 Å². The van der Waals surface area contributed by atoms with E-state index in [1.807, 2.05) is 47.6 Å². The van der Waals surface area contributed by atoms with Crippen LogP contribution in [0.4, 0.5) is 0 Å². The average Bonchev–Trinajstić information content (AvgIpc) is 2.77. The van der Waals surface area contributed by atoms with Crippen LogP contribution < -0.4 is 5.11 Å². The summed E-state index contributed by atoms with van der Waals surface area (Å²) < 4.78 is 1.12. The van der Waals surface area contributed by atoms with Gasteiger partial charge in [-0.15, -0.1) is 0 Å². The van der Waals surface area contributed by atoms with Gasteiger partial charge in [-0.2, -0.15) is 0 Å². The summed E-state index contributed by atoms with van der Waals surface area (Å²) in [5.74, 6) is -1.53. The first-order valence-electron chi connectivity index (χ1n) is 15.4. The van der Waals surface area contributed by atoms with Crippen molar-refractivity contribution in [2.24, 2.45) is 0 Å². The van der Waals surface area contributed by atoms with Crippen molar-refractivity contribution in [2.75, 3.05) is 27.7 Å². The maximum atomic E-state index is 12.2. The molecule has 0 aromatic heterocycles. The highest BCUT2D eigenvalue weighted by atomic mass is 16.4. The monoisotopic (exact) mass is 533 g/mol. The van der Waals surface area contributed by atoms with Crippen LogP contribution in [0, 0.1) is 0 Å². The number of hydrogen-bond donors (Lipinski definition) is 1. The molecule has 4 heteroatoms. The first kappa shape index (κ1) is 36.5. The zero-order valence-corrected chi connectivity index (χ0v) is 27.0. The molecule has 0 aliphatic rings. The predicted molar refractivity (Wildman–Crippen MR) is 163 cm³/mol. The standard InChI is InChI=1S/C19H42N.C15H22O3/c1-5-6-7-8-9-10-11-12-13-14-15-16-17-18-19-20(2,3)4;1-14(2,3)9-7-10(13(17)18)12(16)11(8-9)15(4,5)6/h5-19H2,1-4H3;7-8,16H,1-6H3,(H,17,18)/q+1;/p-1. The van der Waals surface area contributed by atoms with Crippen molar-refractivity contribution < 1.29 is 19.5 Å². The third-order valence-corrected chi connectivity index (χ3v) is 7.18. The largest absolute Gasteiger partial charge is 0.872 e. The Morgan fingerprint density at radius 2 is 1.11 bits per heavy atom. The highest BCUT2D eigenvalue weighted by molar-refractivity contribution is 5.91. The van der Waals surface area contributed by atoms with Crippen LogP contribution in [-0.4, -0.2) is 43.2 Å². The lowest BCUT2D eigenvalue weighted by Crippen LogP contribution is -2.35. The number of carboxylic acids is 1. The summed E-state index contributed by atoms with van der Waals surface area (Å²) in [6, 6.07) is 3.34. The van der Waals surface area contributed by atoms with Gasteiger partial charge in [0.15, 0.2) is 0 Å². The van der Waals surface area contributed by atoms with Gasteiger partial charge in [0.25, 0.3) is 0 Å². The molecular weight excluding hydrogens is 470 g/mol.